The summed E-state index contributed by atoms with van der Waals surface area (Å²) >= 11 is 0. The number of carboxylic acid groups (broad SMARTS) is 2. The van der Waals surface area contributed by atoms with Gasteiger partial charge in [-0.15, -0.1) is 0 Å². The quantitative estimate of drug-likeness (QED) is 0.510. The van der Waals surface area contributed by atoms with E-state index in [1.54, 1.807) is 13.8 Å². The second-order valence-electron chi connectivity index (χ2n) is 3.19. The van der Waals surface area contributed by atoms with E-state index in [-0.39, 0.29) is 42.4 Å². The van der Waals surface area contributed by atoms with Crippen molar-refractivity contribution in [2.45, 2.75) is 39.5 Å². The number of rotatable bonds is 6. The molecule has 0 spiro atoms. The Labute approximate surface area is 106 Å². The molecule has 0 radical (unpaired) electrons. The summed E-state index contributed by atoms with van der Waals surface area (Å²) in [6.07, 6.45) is 1.54. The van der Waals surface area contributed by atoms with Crippen LogP contribution in [0.4, 0.5) is 0 Å². The van der Waals surface area contributed by atoms with Crippen LogP contribution in [0.5, 0.6) is 0 Å². The first-order chi connectivity index (χ1) is 6.01. The molecule has 0 unspecified atom stereocenters. The van der Waals surface area contributed by atoms with Gasteiger partial charge in [-0.05, 0) is 12.8 Å². The Morgan fingerprint density at radius 2 is 1.29 bits per heavy atom. The number of carboxylic acids is 2. The second kappa shape index (κ2) is 7.26. The Hall–Kier alpha value is -0.0600. The van der Waals surface area contributed by atoms with Crippen molar-refractivity contribution in [3.8, 4) is 0 Å². The minimum atomic E-state index is -1.57. The fraction of sp³-hybridized carbons (Fsp3) is 0.778. The summed E-state index contributed by atoms with van der Waals surface area (Å²) in [5, 5.41) is 17.8. The van der Waals surface area contributed by atoms with Gasteiger partial charge in [0.25, 0.3) is 0 Å². The molecule has 0 aromatic heterocycles. The molecule has 0 fully saturated rings. The molecule has 0 aliphatic carbocycles. The monoisotopic (exact) mass is 212 g/mol. The molecule has 2 N–H and O–H groups in total. The fourth-order valence-electron chi connectivity index (χ4n) is 1.50. The molecule has 0 amide bonds. The molecule has 14 heavy (non-hydrogen) atoms. The van der Waals surface area contributed by atoms with Crippen LogP contribution in [0.1, 0.15) is 39.5 Å². The van der Waals surface area contributed by atoms with Crippen LogP contribution in [0, 0.1) is 5.41 Å². The molecule has 0 aromatic carbocycles. The van der Waals surface area contributed by atoms with Gasteiger partial charge in [-0.1, -0.05) is 26.7 Å². The number of carbonyl (C=O) groups is 2. The summed E-state index contributed by atoms with van der Waals surface area (Å²) in [7, 11) is 0. The van der Waals surface area contributed by atoms with Crippen molar-refractivity contribution < 1.29 is 19.8 Å². The van der Waals surface area contributed by atoms with Gasteiger partial charge in [0.2, 0.25) is 0 Å². The second-order valence-corrected chi connectivity index (χ2v) is 3.19. The van der Waals surface area contributed by atoms with Gasteiger partial charge in [-0.3, -0.25) is 9.59 Å². The average Bonchev–Trinajstić information content (AvgIpc) is 2.03. The molecule has 0 rings (SSSR count). The van der Waals surface area contributed by atoms with Gasteiger partial charge >= 0.3 is 41.5 Å². The van der Waals surface area contributed by atoms with Gasteiger partial charge < -0.3 is 10.2 Å². The van der Waals surface area contributed by atoms with Crippen molar-refractivity contribution in [3.63, 3.8) is 0 Å². The molecule has 0 aliphatic rings. The normalized spacial score (nSPS) is 10.4. The van der Waals surface area contributed by atoms with Crippen LogP contribution in [-0.2, 0) is 9.59 Å². The molecule has 78 valence electrons. The van der Waals surface area contributed by atoms with Crippen molar-refractivity contribution in [1.82, 2.24) is 0 Å². The Morgan fingerprint density at radius 3 is 1.43 bits per heavy atom. The molecular weight excluding hydrogens is 195 g/mol. The zero-order valence-corrected chi connectivity index (χ0v) is 8.04. The summed E-state index contributed by atoms with van der Waals surface area (Å²) < 4.78 is 0. The predicted octanol–water partition coefficient (Wildman–Crippen LogP) is 1.09. The van der Waals surface area contributed by atoms with Crippen LogP contribution < -0.4 is 0 Å². The molecule has 0 atom stereocenters. The van der Waals surface area contributed by atoms with Gasteiger partial charge in [-0.25, -0.2) is 0 Å². The minimum absolute atomic E-state index is 0. The number of hydrogen-bond donors (Lipinski definition) is 2. The molecule has 0 aromatic rings. The Bertz CT molecular complexity index is 181. The zero-order valence-electron chi connectivity index (χ0n) is 8.04. The van der Waals surface area contributed by atoms with Gasteiger partial charge in [0.1, 0.15) is 0 Å². The standard InChI is InChI=1S/C9H16O4.Na.H/c1-3-5-9(6-4-2,7(10)11)8(12)13;;/h3-6H2,1-2H3,(H,10,11)(H,12,13);;. The summed E-state index contributed by atoms with van der Waals surface area (Å²) in [4.78, 5) is 21.7. The number of hydrogen-bond acceptors (Lipinski definition) is 2. The third kappa shape index (κ3) is 3.59. The van der Waals surface area contributed by atoms with Crippen LogP contribution >= 0.6 is 0 Å². The Balaban J connectivity index is 0. The van der Waals surface area contributed by atoms with Crippen LogP contribution in [0.2, 0.25) is 0 Å². The third-order valence-electron chi connectivity index (χ3n) is 2.17. The Morgan fingerprint density at radius 1 is 1.00 bits per heavy atom. The van der Waals surface area contributed by atoms with Crippen molar-refractivity contribution in [2.75, 3.05) is 0 Å². The van der Waals surface area contributed by atoms with E-state index in [1.165, 1.54) is 0 Å². The van der Waals surface area contributed by atoms with Crippen LogP contribution in [0.25, 0.3) is 0 Å². The van der Waals surface area contributed by atoms with E-state index in [0.29, 0.717) is 12.8 Å². The first kappa shape index (κ1) is 16.4. The van der Waals surface area contributed by atoms with Gasteiger partial charge in [0.15, 0.2) is 5.41 Å². The molecule has 0 aliphatic heterocycles. The molecule has 0 bridgehead atoms. The maximum atomic E-state index is 10.9. The van der Waals surface area contributed by atoms with Crippen LogP contribution in [0.3, 0.4) is 0 Å². The number of aliphatic carboxylic acids is 2. The Kier molecular flexibility index (Phi) is 8.49. The molecule has 4 nitrogen and oxygen atoms in total. The summed E-state index contributed by atoms with van der Waals surface area (Å²) in [5.41, 5.74) is -1.57. The summed E-state index contributed by atoms with van der Waals surface area (Å²) in [6.45, 7) is 3.58. The molecule has 0 saturated heterocycles. The SMILES string of the molecule is CCCC(CCC)(C(=O)O)C(=O)O.[NaH]. The first-order valence-electron chi connectivity index (χ1n) is 4.48. The maximum absolute atomic E-state index is 10.9. The van der Waals surface area contributed by atoms with Crippen LogP contribution in [0.15, 0.2) is 0 Å². The van der Waals surface area contributed by atoms with Crippen LogP contribution in [-0.4, -0.2) is 51.7 Å². The molecule has 0 saturated carbocycles. The molecule has 0 heterocycles. The van der Waals surface area contributed by atoms with Gasteiger partial charge in [0.05, 0.1) is 0 Å². The summed E-state index contributed by atoms with van der Waals surface area (Å²) in [5.74, 6) is -2.44. The van der Waals surface area contributed by atoms with E-state index in [1.807, 2.05) is 0 Å². The predicted molar refractivity (Wildman–Crippen MR) is 54.7 cm³/mol. The van der Waals surface area contributed by atoms with E-state index in [9.17, 15) is 9.59 Å². The van der Waals surface area contributed by atoms with Crippen molar-refractivity contribution >= 4 is 41.5 Å². The first-order valence-corrected chi connectivity index (χ1v) is 4.48. The van der Waals surface area contributed by atoms with E-state index < -0.39 is 17.4 Å². The van der Waals surface area contributed by atoms with E-state index >= 15 is 0 Å². The van der Waals surface area contributed by atoms with E-state index in [2.05, 4.69) is 0 Å². The zero-order chi connectivity index (χ0) is 10.5. The molecular formula is C9H17NaO4. The van der Waals surface area contributed by atoms with E-state index in [0.717, 1.165) is 0 Å². The fourth-order valence-corrected chi connectivity index (χ4v) is 1.50. The average molecular weight is 212 g/mol. The molecule has 5 heteroatoms. The van der Waals surface area contributed by atoms with Crippen molar-refractivity contribution in [3.05, 3.63) is 0 Å². The van der Waals surface area contributed by atoms with E-state index in [4.69, 9.17) is 10.2 Å². The van der Waals surface area contributed by atoms with Crippen molar-refractivity contribution in [1.29, 1.82) is 0 Å². The van der Waals surface area contributed by atoms with Gasteiger partial charge in [-0.2, -0.15) is 0 Å². The van der Waals surface area contributed by atoms with Gasteiger partial charge in [0, 0.05) is 0 Å². The summed E-state index contributed by atoms with van der Waals surface area (Å²) in [6, 6.07) is 0. The topological polar surface area (TPSA) is 74.6 Å². The third-order valence-corrected chi connectivity index (χ3v) is 2.17. The van der Waals surface area contributed by atoms with Crippen molar-refractivity contribution in [2.24, 2.45) is 5.41 Å².